The summed E-state index contributed by atoms with van der Waals surface area (Å²) in [5, 5.41) is 30.3. The molecule has 2 aliphatic heterocycles. The lowest BCUT2D eigenvalue weighted by Gasteiger charge is -2.17. The minimum Gasteiger partial charge on any atom is -0.387 e. The summed E-state index contributed by atoms with van der Waals surface area (Å²) in [6.45, 7) is 1.59. The van der Waals surface area contributed by atoms with Crippen LogP contribution < -0.4 is 16.0 Å². The van der Waals surface area contributed by atoms with Gasteiger partial charge in [-0.15, -0.1) is 0 Å². The van der Waals surface area contributed by atoms with Crippen molar-refractivity contribution in [2.75, 3.05) is 32.1 Å². The molecule has 2 saturated heterocycles. The minimum absolute atomic E-state index is 0.171. The Hall–Kier alpha value is -2.12. The van der Waals surface area contributed by atoms with Gasteiger partial charge in [-0.05, 0) is 18.6 Å². The van der Waals surface area contributed by atoms with Crippen LogP contribution in [-0.2, 0) is 9.47 Å². The van der Waals surface area contributed by atoms with Crippen molar-refractivity contribution < 1.29 is 19.7 Å². The first-order valence-corrected chi connectivity index (χ1v) is 9.48. The summed E-state index contributed by atoms with van der Waals surface area (Å²) in [6, 6.07) is 0.171. The maximum absolute atomic E-state index is 10.5. The molecule has 0 spiro atoms. The molecule has 2 fully saturated rings. The summed E-state index contributed by atoms with van der Waals surface area (Å²) in [7, 11) is 1.69. The van der Waals surface area contributed by atoms with Crippen molar-refractivity contribution in [3.8, 4) is 0 Å². The van der Waals surface area contributed by atoms with Crippen LogP contribution in [0.15, 0.2) is 12.7 Å². The Bertz CT molecular complexity index is 844. The number of aliphatic hydroxyl groups is 2. The molecule has 12 heteroatoms. The molecular weight excluding hydrogens is 386 g/mol. The molecule has 0 radical (unpaired) electrons. The first-order chi connectivity index (χ1) is 13.6. The van der Waals surface area contributed by atoms with Gasteiger partial charge >= 0.3 is 0 Å². The highest BCUT2D eigenvalue weighted by atomic mass is 32.1. The Morgan fingerprint density at radius 1 is 1.32 bits per heavy atom. The quantitative estimate of drug-likeness (QED) is 0.378. The number of nitrogens with zero attached hydrogens (tertiary/aromatic N) is 4. The van der Waals surface area contributed by atoms with Gasteiger partial charge in [0.1, 0.15) is 24.6 Å². The molecule has 152 valence electrons. The molecule has 0 amide bonds. The molecular formula is C16H23N7O4S. The number of aromatic nitrogens is 4. The van der Waals surface area contributed by atoms with E-state index in [1.165, 1.54) is 12.7 Å². The van der Waals surface area contributed by atoms with Crippen LogP contribution in [0.4, 0.5) is 5.82 Å². The van der Waals surface area contributed by atoms with Crippen LogP contribution in [0, 0.1) is 0 Å². The van der Waals surface area contributed by atoms with E-state index in [-0.39, 0.29) is 12.6 Å². The summed E-state index contributed by atoms with van der Waals surface area (Å²) in [6.07, 6.45) is 0.176. The van der Waals surface area contributed by atoms with Gasteiger partial charge in [0, 0.05) is 20.2 Å². The first kappa shape index (κ1) is 19.2. The van der Waals surface area contributed by atoms with E-state index in [9.17, 15) is 10.2 Å². The SMILES string of the molecule is CNC(=S)NCC1OC(n2cnc3c(NC4CCOC4)ncnc32)C(O)C1O. The van der Waals surface area contributed by atoms with E-state index in [2.05, 4.69) is 30.9 Å². The topological polar surface area (TPSA) is 139 Å². The standard InChI is InChI=1S/C16H23N7O4S/c1-17-16(28)18-4-9-11(24)12(25)15(27-9)23-7-21-10-13(19-6-20-14(10)23)22-8-2-3-26-5-8/h6-9,11-12,15,24-25H,2-5H2,1H3,(H2,17,18,28)(H,19,20,22). The van der Waals surface area contributed by atoms with E-state index in [0.717, 1.165) is 6.42 Å². The number of fused-ring (bicyclic) bond motifs is 1. The highest BCUT2D eigenvalue weighted by molar-refractivity contribution is 7.80. The molecule has 5 N–H and O–H groups in total. The fraction of sp³-hybridized carbons (Fsp3) is 0.625. The highest BCUT2D eigenvalue weighted by Crippen LogP contribution is 2.32. The molecule has 5 atom stereocenters. The smallest absolute Gasteiger partial charge is 0.167 e. The highest BCUT2D eigenvalue weighted by Gasteiger charge is 2.44. The lowest BCUT2D eigenvalue weighted by atomic mass is 10.1. The largest absolute Gasteiger partial charge is 0.387 e. The van der Waals surface area contributed by atoms with Crippen LogP contribution in [0.3, 0.4) is 0 Å². The van der Waals surface area contributed by atoms with E-state index in [1.54, 1.807) is 11.6 Å². The molecule has 0 bridgehead atoms. The Morgan fingerprint density at radius 2 is 2.18 bits per heavy atom. The zero-order valence-electron chi connectivity index (χ0n) is 15.3. The van der Waals surface area contributed by atoms with Crippen molar-refractivity contribution in [1.29, 1.82) is 0 Å². The Morgan fingerprint density at radius 3 is 2.93 bits per heavy atom. The zero-order chi connectivity index (χ0) is 19.7. The average Bonchev–Trinajstić information content (AvgIpc) is 3.42. The molecule has 2 aromatic rings. The first-order valence-electron chi connectivity index (χ1n) is 9.07. The van der Waals surface area contributed by atoms with Gasteiger partial charge in [0.15, 0.2) is 28.3 Å². The molecule has 0 saturated carbocycles. The second-order valence-electron chi connectivity index (χ2n) is 6.76. The minimum atomic E-state index is -1.14. The molecule has 28 heavy (non-hydrogen) atoms. The molecule has 0 aromatic carbocycles. The lowest BCUT2D eigenvalue weighted by Crippen LogP contribution is -2.42. The van der Waals surface area contributed by atoms with Crippen LogP contribution in [-0.4, -0.2) is 86.0 Å². The normalized spacial score (nSPS) is 29.9. The van der Waals surface area contributed by atoms with Gasteiger partial charge in [-0.3, -0.25) is 4.57 Å². The number of hydrogen-bond acceptors (Lipinski definition) is 9. The third-order valence-electron chi connectivity index (χ3n) is 4.93. The van der Waals surface area contributed by atoms with E-state index in [4.69, 9.17) is 21.7 Å². The number of thiocarbonyl (C=S) groups is 1. The average molecular weight is 409 g/mol. The summed E-state index contributed by atoms with van der Waals surface area (Å²) >= 11 is 5.03. The molecule has 2 aliphatic rings. The fourth-order valence-electron chi connectivity index (χ4n) is 3.39. The number of ether oxygens (including phenoxy) is 2. The second-order valence-corrected chi connectivity index (χ2v) is 7.17. The van der Waals surface area contributed by atoms with Gasteiger partial charge in [-0.1, -0.05) is 0 Å². The summed E-state index contributed by atoms with van der Waals surface area (Å²) < 4.78 is 12.9. The van der Waals surface area contributed by atoms with E-state index in [0.29, 0.717) is 35.3 Å². The summed E-state index contributed by atoms with van der Waals surface area (Å²) in [4.78, 5) is 13.0. The van der Waals surface area contributed by atoms with Crippen molar-refractivity contribution in [3.05, 3.63) is 12.7 Å². The fourth-order valence-corrected chi connectivity index (χ4v) is 3.48. The summed E-state index contributed by atoms with van der Waals surface area (Å²) in [5.74, 6) is 0.602. The van der Waals surface area contributed by atoms with Gasteiger partial charge < -0.3 is 35.6 Å². The Balaban J connectivity index is 1.54. The van der Waals surface area contributed by atoms with Crippen molar-refractivity contribution in [2.24, 2.45) is 0 Å². The number of anilines is 1. The van der Waals surface area contributed by atoms with Crippen LogP contribution in [0.1, 0.15) is 12.6 Å². The molecule has 2 aromatic heterocycles. The van der Waals surface area contributed by atoms with E-state index >= 15 is 0 Å². The number of rotatable bonds is 5. The van der Waals surface area contributed by atoms with Crippen molar-refractivity contribution in [1.82, 2.24) is 30.2 Å². The number of nitrogens with one attached hydrogen (secondary N) is 3. The van der Waals surface area contributed by atoms with Crippen LogP contribution in [0.2, 0.25) is 0 Å². The molecule has 4 rings (SSSR count). The number of hydrogen-bond donors (Lipinski definition) is 5. The van der Waals surface area contributed by atoms with Crippen molar-refractivity contribution >= 4 is 34.3 Å². The Labute approximate surface area is 166 Å². The van der Waals surface area contributed by atoms with Gasteiger partial charge in [0.05, 0.1) is 19.0 Å². The van der Waals surface area contributed by atoms with Gasteiger partial charge in [-0.2, -0.15) is 0 Å². The molecule has 0 aliphatic carbocycles. The molecule has 5 unspecified atom stereocenters. The second kappa shape index (κ2) is 8.09. The number of aliphatic hydroxyl groups excluding tert-OH is 2. The maximum atomic E-state index is 10.5. The third kappa shape index (κ3) is 3.61. The third-order valence-corrected chi connectivity index (χ3v) is 5.28. The number of imidazole rings is 1. The van der Waals surface area contributed by atoms with E-state index < -0.39 is 24.5 Å². The molecule has 11 nitrogen and oxygen atoms in total. The predicted octanol–water partition coefficient (Wildman–Crippen LogP) is -1.26. The van der Waals surface area contributed by atoms with Crippen molar-refractivity contribution in [3.63, 3.8) is 0 Å². The van der Waals surface area contributed by atoms with Crippen LogP contribution >= 0.6 is 12.2 Å². The zero-order valence-corrected chi connectivity index (χ0v) is 16.1. The van der Waals surface area contributed by atoms with Crippen LogP contribution in [0.25, 0.3) is 11.2 Å². The lowest BCUT2D eigenvalue weighted by molar-refractivity contribution is -0.0331. The van der Waals surface area contributed by atoms with Crippen LogP contribution in [0.5, 0.6) is 0 Å². The van der Waals surface area contributed by atoms with Crippen molar-refractivity contribution in [2.45, 2.75) is 37.0 Å². The monoisotopic (exact) mass is 409 g/mol. The maximum Gasteiger partial charge on any atom is 0.167 e. The Kier molecular flexibility index (Phi) is 5.55. The van der Waals surface area contributed by atoms with E-state index in [1.807, 2.05) is 0 Å². The summed E-state index contributed by atoms with van der Waals surface area (Å²) in [5.41, 5.74) is 1.07. The predicted molar refractivity (Wildman–Crippen MR) is 104 cm³/mol. The van der Waals surface area contributed by atoms with Gasteiger partial charge in [-0.25, -0.2) is 15.0 Å². The molecule has 4 heterocycles. The van der Waals surface area contributed by atoms with Gasteiger partial charge in [0.25, 0.3) is 0 Å². The van der Waals surface area contributed by atoms with Gasteiger partial charge in [0.2, 0.25) is 0 Å².